The predicted octanol–water partition coefficient (Wildman–Crippen LogP) is 3.56. The average Bonchev–Trinajstić information content (AvgIpc) is 2.69. The van der Waals surface area contributed by atoms with Gasteiger partial charge in [0.25, 0.3) is 5.91 Å². The number of carbonyl (C=O) groups excluding carboxylic acids is 1. The van der Waals surface area contributed by atoms with Gasteiger partial charge in [-0.15, -0.1) is 0 Å². The van der Waals surface area contributed by atoms with Gasteiger partial charge in [-0.3, -0.25) is 4.79 Å². The number of ether oxygens (including phenoxy) is 2. The number of alkyl halides is 3. The Balaban J connectivity index is 2.40. The maximum absolute atomic E-state index is 13.4. The zero-order valence-electron chi connectivity index (χ0n) is 16.9. The molecular weight excluding hydrogens is 403 g/mol. The highest BCUT2D eigenvalue weighted by molar-refractivity contribution is 6.45. The van der Waals surface area contributed by atoms with Gasteiger partial charge < -0.3 is 19.6 Å². The summed E-state index contributed by atoms with van der Waals surface area (Å²) < 4.78 is 50.9. The van der Waals surface area contributed by atoms with Gasteiger partial charge in [0.2, 0.25) is 11.8 Å². The topological polar surface area (TPSA) is 82.0 Å². The van der Waals surface area contributed by atoms with Gasteiger partial charge in [-0.25, -0.2) is 0 Å². The lowest BCUT2D eigenvalue weighted by atomic mass is 10.0. The summed E-state index contributed by atoms with van der Waals surface area (Å²) in [6, 6.07) is 8.50. The van der Waals surface area contributed by atoms with Gasteiger partial charge in [0.1, 0.15) is 19.3 Å². The molecule has 1 aromatic heterocycles. The number of halogens is 3. The second-order valence-corrected chi connectivity index (χ2v) is 6.31. The molecule has 0 radical (unpaired) electrons. The molecule has 0 saturated carbocycles. The van der Waals surface area contributed by atoms with E-state index in [1.54, 1.807) is 38.1 Å². The summed E-state index contributed by atoms with van der Waals surface area (Å²) in [5, 5.41) is 6.15. The van der Waals surface area contributed by atoms with Crippen molar-refractivity contribution in [3.8, 4) is 11.8 Å². The second kappa shape index (κ2) is 9.95. The van der Waals surface area contributed by atoms with Crippen molar-refractivity contribution in [2.75, 3.05) is 14.2 Å². The number of aromatic nitrogens is 1. The zero-order valence-corrected chi connectivity index (χ0v) is 16.9. The van der Waals surface area contributed by atoms with Crippen molar-refractivity contribution >= 4 is 11.6 Å². The molecule has 2 rings (SSSR count). The number of pyridine rings is 1. The van der Waals surface area contributed by atoms with E-state index >= 15 is 0 Å². The Morgan fingerprint density at radius 1 is 1.20 bits per heavy atom. The molecule has 1 heterocycles. The van der Waals surface area contributed by atoms with Crippen molar-refractivity contribution in [2.24, 2.45) is 5.16 Å². The maximum atomic E-state index is 13.4. The van der Waals surface area contributed by atoms with Gasteiger partial charge >= 0.3 is 6.18 Å². The van der Waals surface area contributed by atoms with Crippen LogP contribution >= 0.6 is 0 Å². The van der Waals surface area contributed by atoms with Crippen LogP contribution in [0, 0.1) is 0 Å². The number of nitrogens with one attached hydrogen (secondary N) is 1. The number of hydrogen-bond donors (Lipinski definition) is 1. The van der Waals surface area contributed by atoms with Crippen LogP contribution in [0.3, 0.4) is 0 Å². The molecule has 2 aromatic rings. The van der Waals surface area contributed by atoms with Crippen LogP contribution in [0.4, 0.5) is 13.2 Å². The molecule has 0 spiro atoms. The van der Waals surface area contributed by atoms with Crippen LogP contribution in [0.5, 0.6) is 11.8 Å². The smallest absolute Gasteiger partial charge is 0.421 e. The summed E-state index contributed by atoms with van der Waals surface area (Å²) in [6.07, 6.45) is -4.94. The van der Waals surface area contributed by atoms with Crippen LogP contribution in [-0.4, -0.2) is 36.9 Å². The monoisotopic (exact) mass is 425 g/mol. The number of carbonyl (C=O) groups is 1. The van der Waals surface area contributed by atoms with E-state index in [4.69, 9.17) is 14.3 Å². The fourth-order valence-corrected chi connectivity index (χ4v) is 2.50. The maximum Gasteiger partial charge on any atom is 0.421 e. The molecule has 1 N–H and O–H groups in total. The minimum absolute atomic E-state index is 0.00767. The summed E-state index contributed by atoms with van der Waals surface area (Å²) in [7, 11) is 2.70. The minimum atomic E-state index is -4.66. The van der Waals surface area contributed by atoms with Gasteiger partial charge in [-0.1, -0.05) is 29.4 Å². The van der Waals surface area contributed by atoms with Gasteiger partial charge in [0.15, 0.2) is 5.71 Å². The molecule has 30 heavy (non-hydrogen) atoms. The van der Waals surface area contributed by atoms with Crippen molar-refractivity contribution in [1.82, 2.24) is 10.3 Å². The van der Waals surface area contributed by atoms with Crippen molar-refractivity contribution in [2.45, 2.75) is 32.7 Å². The first kappa shape index (κ1) is 23.0. The van der Waals surface area contributed by atoms with Crippen LogP contribution in [0.2, 0.25) is 0 Å². The molecule has 0 unspecified atom stereocenters. The lowest BCUT2D eigenvalue weighted by Crippen LogP contribution is -2.29. The van der Waals surface area contributed by atoms with Gasteiger partial charge in [0.05, 0.1) is 6.10 Å². The molecule has 10 heteroatoms. The third-order valence-corrected chi connectivity index (χ3v) is 3.76. The third-order valence-electron chi connectivity index (χ3n) is 3.76. The van der Waals surface area contributed by atoms with Crippen LogP contribution in [0.1, 0.15) is 30.5 Å². The van der Waals surface area contributed by atoms with Crippen LogP contribution in [0.25, 0.3) is 0 Å². The van der Waals surface area contributed by atoms with Gasteiger partial charge in [-0.2, -0.15) is 18.2 Å². The Hall–Kier alpha value is -3.30. The van der Waals surface area contributed by atoms with Crippen molar-refractivity contribution in [3.63, 3.8) is 0 Å². The van der Waals surface area contributed by atoms with Gasteiger partial charge in [-0.05, 0) is 25.5 Å². The number of likely N-dealkylation sites (N-methyl/N-ethyl adjacent to an activating group) is 1. The normalized spacial score (nSPS) is 11.9. The SMILES string of the molecule is CNC(=O)/C(=N\OC)c1ccccc1COc1nc(OC(C)C)ccc1C(F)(F)F. The highest BCUT2D eigenvalue weighted by Crippen LogP contribution is 2.36. The number of benzene rings is 1. The Morgan fingerprint density at radius 3 is 2.50 bits per heavy atom. The summed E-state index contributed by atoms with van der Waals surface area (Å²) in [5.74, 6) is -1.14. The molecule has 0 atom stereocenters. The molecule has 0 aliphatic heterocycles. The predicted molar refractivity (Wildman–Crippen MR) is 103 cm³/mol. The minimum Gasteiger partial charge on any atom is -0.475 e. The lowest BCUT2D eigenvalue weighted by molar-refractivity contribution is -0.139. The van der Waals surface area contributed by atoms with E-state index < -0.39 is 23.5 Å². The van der Waals surface area contributed by atoms with E-state index in [2.05, 4.69) is 15.5 Å². The summed E-state index contributed by atoms with van der Waals surface area (Å²) >= 11 is 0. The quantitative estimate of drug-likeness (QED) is 0.517. The molecule has 0 aliphatic carbocycles. The van der Waals surface area contributed by atoms with E-state index in [1.165, 1.54) is 14.2 Å². The average molecular weight is 425 g/mol. The standard InChI is InChI=1S/C20H22F3N3O4/c1-12(2)30-16-10-9-15(20(21,22)23)19(25-16)29-11-13-7-5-6-8-14(13)17(26-28-4)18(27)24-3/h5-10,12H,11H2,1-4H3,(H,24,27)/b26-17-. The molecule has 162 valence electrons. The first-order chi connectivity index (χ1) is 14.2. The van der Waals surface area contributed by atoms with E-state index in [9.17, 15) is 18.0 Å². The van der Waals surface area contributed by atoms with Gasteiger partial charge in [0, 0.05) is 18.7 Å². The first-order valence-electron chi connectivity index (χ1n) is 8.96. The highest BCUT2D eigenvalue weighted by Gasteiger charge is 2.36. The second-order valence-electron chi connectivity index (χ2n) is 6.31. The summed E-state index contributed by atoms with van der Waals surface area (Å²) in [5.41, 5.74) is -0.308. The van der Waals surface area contributed by atoms with E-state index in [1.807, 2.05) is 0 Å². The Morgan fingerprint density at radius 2 is 1.90 bits per heavy atom. The van der Waals surface area contributed by atoms with Crippen molar-refractivity contribution < 1.29 is 32.3 Å². The summed E-state index contributed by atoms with van der Waals surface area (Å²) in [4.78, 5) is 20.7. The third kappa shape index (κ3) is 5.85. The number of rotatable bonds is 8. The molecule has 1 aromatic carbocycles. The lowest BCUT2D eigenvalue weighted by Gasteiger charge is -2.16. The number of amides is 1. The molecule has 0 fully saturated rings. The zero-order chi connectivity index (χ0) is 22.3. The molecular formula is C20H22F3N3O4. The van der Waals surface area contributed by atoms with E-state index in [-0.39, 0.29) is 24.3 Å². The van der Waals surface area contributed by atoms with Crippen molar-refractivity contribution in [1.29, 1.82) is 0 Å². The van der Waals surface area contributed by atoms with E-state index in [0.29, 0.717) is 11.1 Å². The molecule has 0 saturated heterocycles. The number of hydrogen-bond acceptors (Lipinski definition) is 6. The van der Waals surface area contributed by atoms with Crippen LogP contribution < -0.4 is 14.8 Å². The molecule has 1 amide bonds. The fourth-order valence-electron chi connectivity index (χ4n) is 2.50. The molecule has 7 nitrogen and oxygen atoms in total. The highest BCUT2D eigenvalue weighted by atomic mass is 19.4. The Bertz CT molecular complexity index is 914. The number of oxime groups is 1. The van der Waals surface area contributed by atoms with Crippen LogP contribution in [0.15, 0.2) is 41.6 Å². The van der Waals surface area contributed by atoms with E-state index in [0.717, 1.165) is 12.1 Å². The Labute approximate surface area is 171 Å². The first-order valence-corrected chi connectivity index (χ1v) is 8.96. The molecule has 0 bridgehead atoms. The fraction of sp³-hybridized carbons (Fsp3) is 0.350. The molecule has 0 aliphatic rings. The van der Waals surface area contributed by atoms with Crippen molar-refractivity contribution in [3.05, 3.63) is 53.1 Å². The van der Waals surface area contributed by atoms with Crippen LogP contribution in [-0.2, 0) is 22.4 Å². The Kier molecular flexibility index (Phi) is 7.62. The largest absolute Gasteiger partial charge is 0.475 e. The number of nitrogens with zero attached hydrogens (tertiary/aromatic N) is 2. The summed E-state index contributed by atoms with van der Waals surface area (Å²) in [6.45, 7) is 3.16.